The average molecular weight is 423 g/mol. The normalized spacial score (nSPS) is 18.3. The monoisotopic (exact) mass is 422 g/mol. The van der Waals surface area contributed by atoms with Crippen LogP contribution in [0.3, 0.4) is 0 Å². The van der Waals surface area contributed by atoms with E-state index >= 15 is 0 Å². The zero-order chi connectivity index (χ0) is 21.0. The lowest BCUT2D eigenvalue weighted by atomic mass is 10.1. The maximum absolute atomic E-state index is 12.5. The van der Waals surface area contributed by atoms with E-state index in [1.807, 2.05) is 36.9 Å². The van der Waals surface area contributed by atoms with Crippen molar-refractivity contribution in [2.75, 3.05) is 57.5 Å². The van der Waals surface area contributed by atoms with Gasteiger partial charge in [0.25, 0.3) is 0 Å². The van der Waals surface area contributed by atoms with E-state index < -0.39 is 17.8 Å². The first-order valence-corrected chi connectivity index (χ1v) is 10.3. The second-order valence-electron chi connectivity index (χ2n) is 7.20. The second kappa shape index (κ2) is 9.56. The van der Waals surface area contributed by atoms with Gasteiger partial charge in [0, 0.05) is 56.6 Å². The quantitative estimate of drug-likeness (QED) is 0.362. The van der Waals surface area contributed by atoms with Gasteiger partial charge in [0.1, 0.15) is 0 Å². The Labute approximate surface area is 175 Å². The van der Waals surface area contributed by atoms with Crippen LogP contribution in [0.15, 0.2) is 18.2 Å². The summed E-state index contributed by atoms with van der Waals surface area (Å²) >= 11 is 6.13. The van der Waals surface area contributed by atoms with Gasteiger partial charge in [-0.05, 0) is 38.0 Å². The number of carbonyl (C=O) groups is 3. The highest BCUT2D eigenvalue weighted by molar-refractivity contribution is 6.44. The van der Waals surface area contributed by atoms with E-state index in [1.165, 1.54) is 0 Å². The summed E-state index contributed by atoms with van der Waals surface area (Å²) < 4.78 is 5.23. The molecule has 4 amide bonds. The molecule has 29 heavy (non-hydrogen) atoms. The van der Waals surface area contributed by atoms with Gasteiger partial charge in [0.05, 0.1) is 6.67 Å². The summed E-state index contributed by atoms with van der Waals surface area (Å²) in [6.45, 7) is 8.15. The van der Waals surface area contributed by atoms with Crippen molar-refractivity contribution in [2.45, 2.75) is 20.3 Å². The summed E-state index contributed by atoms with van der Waals surface area (Å²) in [6, 6.07) is 5.29. The first kappa shape index (κ1) is 21.5. The molecular weight excluding hydrogens is 396 g/mol. The highest BCUT2D eigenvalue weighted by Crippen LogP contribution is 2.25. The molecule has 2 fully saturated rings. The topological polar surface area (TPSA) is 73.4 Å². The van der Waals surface area contributed by atoms with E-state index in [0.717, 1.165) is 34.1 Å². The lowest BCUT2D eigenvalue weighted by Crippen LogP contribution is -2.51. The third-order valence-electron chi connectivity index (χ3n) is 5.24. The number of ether oxygens (including phenoxy) is 1. The van der Waals surface area contributed by atoms with Gasteiger partial charge in [-0.15, -0.1) is 0 Å². The molecule has 0 saturated carbocycles. The Morgan fingerprint density at radius 1 is 1.03 bits per heavy atom. The highest BCUT2D eigenvalue weighted by atomic mass is 35.5. The van der Waals surface area contributed by atoms with Gasteiger partial charge in [0.2, 0.25) is 0 Å². The van der Waals surface area contributed by atoms with Crippen molar-refractivity contribution in [3.05, 3.63) is 28.8 Å². The van der Waals surface area contributed by atoms with Crippen molar-refractivity contribution in [1.29, 1.82) is 0 Å². The molecule has 0 radical (unpaired) electrons. The van der Waals surface area contributed by atoms with Crippen LogP contribution in [0.25, 0.3) is 0 Å². The van der Waals surface area contributed by atoms with E-state index in [9.17, 15) is 14.4 Å². The summed E-state index contributed by atoms with van der Waals surface area (Å²) in [7, 11) is 0. The van der Waals surface area contributed by atoms with Crippen LogP contribution >= 0.6 is 11.6 Å². The van der Waals surface area contributed by atoms with Gasteiger partial charge in [0.15, 0.2) is 0 Å². The van der Waals surface area contributed by atoms with E-state index in [4.69, 9.17) is 16.3 Å². The molecule has 2 aliphatic rings. The molecule has 0 N–H and O–H groups in total. The lowest BCUT2D eigenvalue weighted by Gasteiger charge is -2.37. The van der Waals surface area contributed by atoms with Crippen LogP contribution in [0.1, 0.15) is 18.9 Å². The molecule has 3 rings (SSSR count). The van der Waals surface area contributed by atoms with E-state index in [2.05, 4.69) is 4.90 Å². The van der Waals surface area contributed by atoms with E-state index in [-0.39, 0.29) is 13.2 Å². The minimum atomic E-state index is -0.750. The third kappa shape index (κ3) is 4.88. The molecule has 0 bridgehead atoms. The first-order chi connectivity index (χ1) is 13.9. The Hall–Kier alpha value is -2.16. The van der Waals surface area contributed by atoms with Crippen LogP contribution in [0.5, 0.6) is 0 Å². The number of halogens is 1. The van der Waals surface area contributed by atoms with Gasteiger partial charge in [-0.1, -0.05) is 17.7 Å². The molecular formula is C20H27ClN4O4. The average Bonchev–Trinajstić information content (AvgIpc) is 2.91. The van der Waals surface area contributed by atoms with Crippen molar-refractivity contribution in [1.82, 2.24) is 14.7 Å². The molecule has 8 nitrogen and oxygen atoms in total. The zero-order valence-electron chi connectivity index (χ0n) is 16.9. The summed E-state index contributed by atoms with van der Waals surface area (Å²) in [5, 5.41) is 0.698. The lowest BCUT2D eigenvalue weighted by molar-refractivity contribution is -0.144. The number of imide groups is 2. The molecule has 1 aromatic carbocycles. The van der Waals surface area contributed by atoms with Crippen molar-refractivity contribution in [3.63, 3.8) is 0 Å². The number of urea groups is 1. The molecule has 0 spiro atoms. The number of hydrogen-bond donors (Lipinski definition) is 0. The second-order valence-corrected chi connectivity index (χ2v) is 7.64. The Kier molecular flexibility index (Phi) is 7.10. The molecule has 0 atom stereocenters. The number of piperazine rings is 1. The molecule has 1 aromatic rings. The predicted octanol–water partition coefficient (Wildman–Crippen LogP) is 1.95. The number of rotatable bonds is 8. The number of amides is 4. The molecule has 0 aromatic heterocycles. The summed E-state index contributed by atoms with van der Waals surface area (Å²) in [6.07, 6.45) is 0.518. The van der Waals surface area contributed by atoms with Crippen LogP contribution in [0, 0.1) is 6.92 Å². The number of carbonyl (C=O) groups excluding carboxylic acids is 3. The third-order valence-corrected chi connectivity index (χ3v) is 5.47. The predicted molar refractivity (Wildman–Crippen MR) is 110 cm³/mol. The van der Waals surface area contributed by atoms with Crippen LogP contribution in [-0.2, 0) is 14.3 Å². The van der Waals surface area contributed by atoms with Gasteiger partial charge in [-0.25, -0.2) is 9.69 Å². The van der Waals surface area contributed by atoms with Gasteiger partial charge < -0.3 is 9.64 Å². The van der Waals surface area contributed by atoms with Crippen molar-refractivity contribution < 1.29 is 19.1 Å². The minimum absolute atomic E-state index is 0.133. The standard InChI is InChI=1S/C20H27ClN4O4/c1-3-29-12-4-7-24-18(26)19(27)25(20(24)28)14-22-8-10-23(11-9-22)17-13-16(21)6-5-15(17)2/h5-6,13H,3-4,7-12,14H2,1-2H3. The van der Waals surface area contributed by atoms with Crippen LogP contribution in [-0.4, -0.2) is 85.2 Å². The number of nitrogens with zero attached hydrogens (tertiary/aromatic N) is 4. The van der Waals surface area contributed by atoms with Crippen molar-refractivity contribution >= 4 is 35.1 Å². The smallest absolute Gasteiger partial charge is 0.335 e. The fourth-order valence-electron chi connectivity index (χ4n) is 3.59. The maximum atomic E-state index is 12.5. The molecule has 0 unspecified atom stereocenters. The molecule has 158 valence electrons. The SMILES string of the molecule is CCOCCCN1C(=O)C(=O)N(CN2CCN(c3cc(Cl)ccc3C)CC2)C1=O. The molecule has 9 heteroatoms. The Morgan fingerprint density at radius 2 is 1.72 bits per heavy atom. The number of benzene rings is 1. The summed E-state index contributed by atoms with van der Waals surface area (Å²) in [5.74, 6) is -1.50. The molecule has 0 aliphatic carbocycles. The van der Waals surface area contributed by atoms with Crippen molar-refractivity contribution in [3.8, 4) is 0 Å². The zero-order valence-corrected chi connectivity index (χ0v) is 17.7. The number of aryl methyl sites for hydroxylation is 1. The fraction of sp³-hybridized carbons (Fsp3) is 0.550. The highest BCUT2D eigenvalue weighted by Gasteiger charge is 2.44. The van der Waals surface area contributed by atoms with Crippen LogP contribution < -0.4 is 4.90 Å². The van der Waals surface area contributed by atoms with Gasteiger partial charge in [-0.2, -0.15) is 0 Å². The Balaban J connectivity index is 1.54. The van der Waals surface area contributed by atoms with Gasteiger partial charge in [-0.3, -0.25) is 19.4 Å². The Bertz CT molecular complexity index is 780. The maximum Gasteiger partial charge on any atom is 0.335 e. The summed E-state index contributed by atoms with van der Waals surface area (Å²) in [5.41, 5.74) is 2.25. The van der Waals surface area contributed by atoms with Crippen LogP contribution in [0.2, 0.25) is 5.02 Å². The minimum Gasteiger partial charge on any atom is -0.382 e. The van der Waals surface area contributed by atoms with Gasteiger partial charge >= 0.3 is 17.8 Å². The summed E-state index contributed by atoms with van der Waals surface area (Å²) in [4.78, 5) is 43.3. The number of hydrogen-bond acceptors (Lipinski definition) is 6. The molecule has 2 saturated heterocycles. The Morgan fingerprint density at radius 3 is 2.41 bits per heavy atom. The van der Waals surface area contributed by atoms with Crippen molar-refractivity contribution in [2.24, 2.45) is 0 Å². The fourth-order valence-corrected chi connectivity index (χ4v) is 3.76. The molecule has 2 heterocycles. The number of anilines is 1. The van der Waals surface area contributed by atoms with E-state index in [0.29, 0.717) is 37.7 Å². The largest absolute Gasteiger partial charge is 0.382 e. The first-order valence-electron chi connectivity index (χ1n) is 9.91. The van der Waals surface area contributed by atoms with E-state index in [1.54, 1.807) is 0 Å². The molecule has 2 aliphatic heterocycles. The van der Waals surface area contributed by atoms with Crippen LogP contribution in [0.4, 0.5) is 10.5 Å².